The molecule has 2 aromatic carbocycles. The van der Waals surface area contributed by atoms with E-state index in [0.29, 0.717) is 31.8 Å². The number of carbonyl (C=O) groups excluding carboxylic acids is 3. The van der Waals surface area contributed by atoms with Crippen LogP contribution in [0, 0.1) is 23.5 Å². The first-order chi connectivity index (χ1) is 16.2. The summed E-state index contributed by atoms with van der Waals surface area (Å²) < 4.78 is 26.2. The number of amides is 2. The maximum Gasteiger partial charge on any atom is 0.243 e. The number of ketones is 1. The second-order valence-electron chi connectivity index (χ2n) is 9.16. The van der Waals surface area contributed by atoms with Gasteiger partial charge in [-0.15, -0.1) is 0 Å². The van der Waals surface area contributed by atoms with Gasteiger partial charge in [-0.05, 0) is 56.0 Å². The van der Waals surface area contributed by atoms with Crippen molar-refractivity contribution in [1.29, 1.82) is 0 Å². The minimum atomic E-state index is -1.06. The molecule has 1 aliphatic heterocycles. The fourth-order valence-electron chi connectivity index (χ4n) is 4.08. The molecule has 1 saturated heterocycles. The van der Waals surface area contributed by atoms with Crippen LogP contribution in [0.15, 0.2) is 42.5 Å². The van der Waals surface area contributed by atoms with E-state index in [0.717, 1.165) is 24.1 Å². The molecule has 0 radical (unpaired) electrons. The van der Waals surface area contributed by atoms with Crippen LogP contribution in [0.3, 0.4) is 0 Å². The van der Waals surface area contributed by atoms with Crippen molar-refractivity contribution in [1.82, 2.24) is 10.2 Å². The average molecular weight is 472 g/mol. The molecular weight excluding hydrogens is 440 g/mol. The van der Waals surface area contributed by atoms with Crippen molar-refractivity contribution < 1.29 is 23.2 Å². The van der Waals surface area contributed by atoms with Crippen molar-refractivity contribution in [2.45, 2.75) is 33.1 Å². The van der Waals surface area contributed by atoms with Gasteiger partial charge in [0.1, 0.15) is 0 Å². The van der Waals surface area contributed by atoms with Crippen molar-refractivity contribution in [2.24, 2.45) is 11.8 Å². The summed E-state index contributed by atoms with van der Waals surface area (Å²) in [6.07, 6.45) is 2.34. The number of anilines is 1. The van der Waals surface area contributed by atoms with Gasteiger partial charge in [-0.25, -0.2) is 8.78 Å². The van der Waals surface area contributed by atoms with E-state index in [2.05, 4.69) is 24.5 Å². The molecule has 182 valence electrons. The van der Waals surface area contributed by atoms with E-state index in [1.54, 1.807) is 0 Å². The largest absolute Gasteiger partial charge is 0.346 e. The van der Waals surface area contributed by atoms with E-state index in [-0.39, 0.29) is 36.4 Å². The number of carbonyl (C=O) groups is 3. The monoisotopic (exact) mass is 471 g/mol. The van der Waals surface area contributed by atoms with E-state index in [1.165, 1.54) is 11.6 Å². The molecule has 3 rings (SSSR count). The van der Waals surface area contributed by atoms with Crippen LogP contribution in [0.25, 0.3) is 0 Å². The van der Waals surface area contributed by atoms with Crippen LogP contribution < -0.4 is 10.6 Å². The Kier molecular flexibility index (Phi) is 8.87. The quantitative estimate of drug-likeness (QED) is 0.545. The molecule has 1 heterocycles. The fourth-order valence-corrected chi connectivity index (χ4v) is 4.08. The lowest BCUT2D eigenvalue weighted by molar-refractivity contribution is -0.125. The molecule has 0 spiro atoms. The lowest BCUT2D eigenvalue weighted by atomic mass is 9.88. The Hall–Kier alpha value is -3.13. The van der Waals surface area contributed by atoms with Gasteiger partial charge in [0.25, 0.3) is 0 Å². The van der Waals surface area contributed by atoms with Crippen molar-refractivity contribution in [3.05, 3.63) is 65.2 Å². The fraction of sp³-hybridized carbons (Fsp3) is 0.423. The molecule has 0 unspecified atom stereocenters. The summed E-state index contributed by atoms with van der Waals surface area (Å²) in [5.74, 6) is -2.26. The van der Waals surface area contributed by atoms with Gasteiger partial charge in [-0.2, -0.15) is 0 Å². The van der Waals surface area contributed by atoms with E-state index in [4.69, 9.17) is 0 Å². The number of hydrogen-bond donors (Lipinski definition) is 2. The van der Waals surface area contributed by atoms with Gasteiger partial charge in [-0.3, -0.25) is 19.3 Å². The molecule has 6 nitrogen and oxygen atoms in total. The standard InChI is InChI=1S/C26H31F2N3O3/c1-17(2)13-18-3-5-19(6-4-18)26(34)20-9-11-31(12-10-20)16-25(33)29-15-24(32)30-21-7-8-22(27)23(28)14-21/h3-8,14,17,20H,9-13,15-16H2,1-2H3,(H,29,33)(H,30,32). The number of benzene rings is 2. The lowest BCUT2D eigenvalue weighted by Gasteiger charge is -2.30. The molecule has 2 amide bonds. The number of likely N-dealkylation sites (tertiary alicyclic amines) is 1. The van der Waals surface area contributed by atoms with E-state index in [1.807, 2.05) is 29.2 Å². The number of hydrogen-bond acceptors (Lipinski definition) is 4. The zero-order valence-electron chi connectivity index (χ0n) is 19.6. The highest BCUT2D eigenvalue weighted by Crippen LogP contribution is 2.22. The van der Waals surface area contributed by atoms with Crippen molar-refractivity contribution in [2.75, 3.05) is 31.5 Å². The van der Waals surface area contributed by atoms with Crippen molar-refractivity contribution in [3.8, 4) is 0 Å². The molecule has 0 saturated carbocycles. The molecule has 0 aliphatic carbocycles. The van der Waals surface area contributed by atoms with Crippen molar-refractivity contribution in [3.63, 3.8) is 0 Å². The highest BCUT2D eigenvalue weighted by atomic mass is 19.2. The zero-order valence-corrected chi connectivity index (χ0v) is 19.6. The summed E-state index contributed by atoms with van der Waals surface area (Å²) in [4.78, 5) is 38.9. The normalized spacial score (nSPS) is 14.7. The molecule has 0 bridgehead atoms. The third-order valence-corrected chi connectivity index (χ3v) is 5.86. The molecule has 2 aromatic rings. The smallest absolute Gasteiger partial charge is 0.243 e. The Morgan fingerprint density at radius 2 is 1.65 bits per heavy atom. The van der Waals surface area contributed by atoms with Gasteiger partial charge in [0.05, 0.1) is 13.1 Å². The SMILES string of the molecule is CC(C)Cc1ccc(C(=O)C2CCN(CC(=O)NCC(=O)Nc3ccc(F)c(F)c3)CC2)cc1. The van der Waals surface area contributed by atoms with Gasteiger partial charge >= 0.3 is 0 Å². The molecule has 0 aromatic heterocycles. The number of nitrogens with one attached hydrogen (secondary N) is 2. The van der Waals surface area contributed by atoms with Crippen LogP contribution in [0.1, 0.15) is 42.6 Å². The van der Waals surface area contributed by atoms with Crippen LogP contribution in [-0.2, 0) is 16.0 Å². The maximum atomic E-state index is 13.2. The highest BCUT2D eigenvalue weighted by Gasteiger charge is 2.26. The molecule has 34 heavy (non-hydrogen) atoms. The van der Waals surface area contributed by atoms with Gasteiger partial charge in [0.15, 0.2) is 17.4 Å². The first-order valence-electron chi connectivity index (χ1n) is 11.6. The van der Waals surface area contributed by atoms with Crippen LogP contribution in [0.2, 0.25) is 0 Å². The molecule has 1 fully saturated rings. The van der Waals surface area contributed by atoms with Crippen LogP contribution >= 0.6 is 0 Å². The summed E-state index contributed by atoms with van der Waals surface area (Å²) in [5.41, 5.74) is 2.07. The Morgan fingerprint density at radius 1 is 0.971 bits per heavy atom. The Bertz CT molecular complexity index is 1020. The van der Waals surface area contributed by atoms with E-state index < -0.39 is 17.5 Å². The third kappa shape index (κ3) is 7.45. The first-order valence-corrected chi connectivity index (χ1v) is 11.6. The molecule has 1 aliphatic rings. The minimum absolute atomic E-state index is 0.0582. The summed E-state index contributed by atoms with van der Waals surface area (Å²) in [5, 5.41) is 4.93. The summed E-state index contributed by atoms with van der Waals surface area (Å²) in [6.45, 7) is 5.42. The number of rotatable bonds is 9. The highest BCUT2D eigenvalue weighted by molar-refractivity contribution is 5.98. The Labute approximate surface area is 198 Å². The molecule has 8 heteroatoms. The summed E-state index contributed by atoms with van der Waals surface area (Å²) in [6, 6.07) is 10.9. The molecule has 0 atom stereocenters. The number of piperidine rings is 1. The second kappa shape index (κ2) is 11.8. The maximum absolute atomic E-state index is 13.2. The van der Waals surface area contributed by atoms with E-state index >= 15 is 0 Å². The lowest BCUT2D eigenvalue weighted by Crippen LogP contribution is -2.44. The molecule has 2 N–H and O–H groups in total. The Balaban J connectivity index is 1.38. The van der Waals surface area contributed by atoms with Gasteiger partial charge in [0, 0.05) is 23.2 Å². The summed E-state index contributed by atoms with van der Waals surface area (Å²) in [7, 11) is 0. The van der Waals surface area contributed by atoms with Gasteiger partial charge in [-0.1, -0.05) is 38.1 Å². The topological polar surface area (TPSA) is 78.5 Å². The van der Waals surface area contributed by atoms with Gasteiger partial charge in [0.2, 0.25) is 11.8 Å². The zero-order chi connectivity index (χ0) is 24.7. The summed E-state index contributed by atoms with van der Waals surface area (Å²) >= 11 is 0. The van der Waals surface area contributed by atoms with Gasteiger partial charge < -0.3 is 10.6 Å². The second-order valence-corrected chi connectivity index (χ2v) is 9.16. The first kappa shape index (κ1) is 25.5. The van der Waals surface area contributed by atoms with Crippen LogP contribution in [0.5, 0.6) is 0 Å². The number of nitrogens with zero attached hydrogens (tertiary/aromatic N) is 1. The van der Waals surface area contributed by atoms with E-state index in [9.17, 15) is 23.2 Å². The minimum Gasteiger partial charge on any atom is -0.346 e. The van der Waals surface area contributed by atoms with Crippen LogP contribution in [-0.4, -0.2) is 48.7 Å². The Morgan fingerprint density at radius 3 is 2.26 bits per heavy atom. The number of halogens is 2. The number of Topliss-reactive ketones (excluding diaryl/α,β-unsaturated/α-hetero) is 1. The van der Waals surface area contributed by atoms with Crippen LogP contribution in [0.4, 0.5) is 14.5 Å². The molecular formula is C26H31F2N3O3. The average Bonchev–Trinajstić information content (AvgIpc) is 2.80. The third-order valence-electron chi connectivity index (χ3n) is 5.86. The predicted octanol–water partition coefficient (Wildman–Crippen LogP) is 3.81. The predicted molar refractivity (Wildman–Crippen MR) is 126 cm³/mol. The van der Waals surface area contributed by atoms with Crippen molar-refractivity contribution >= 4 is 23.3 Å².